The molecule has 126 valence electrons. The minimum atomic E-state index is -0.276. The van der Waals surface area contributed by atoms with Gasteiger partial charge in [0.2, 0.25) is 0 Å². The third-order valence-electron chi connectivity index (χ3n) is 3.93. The van der Waals surface area contributed by atoms with Gasteiger partial charge in [-0.3, -0.25) is 4.79 Å². The smallest absolute Gasteiger partial charge is 0.262 e. The van der Waals surface area contributed by atoms with Crippen molar-refractivity contribution in [1.82, 2.24) is 0 Å². The maximum Gasteiger partial charge on any atom is 0.262 e. The Hall–Kier alpha value is -2.60. The minimum Gasteiger partial charge on any atom is -0.492 e. The Balaban J connectivity index is 1.81. The minimum absolute atomic E-state index is 0.220. The van der Waals surface area contributed by atoms with Crippen LogP contribution in [0, 0.1) is 0 Å². The van der Waals surface area contributed by atoms with E-state index in [2.05, 4.69) is 9.89 Å². The van der Waals surface area contributed by atoms with Crippen LogP contribution in [-0.2, 0) is 19.0 Å². The largest absolute Gasteiger partial charge is 0.492 e. The summed E-state index contributed by atoms with van der Waals surface area (Å²) in [5.41, 5.74) is 2.57. The third-order valence-corrected chi connectivity index (χ3v) is 3.93. The van der Waals surface area contributed by atoms with Crippen molar-refractivity contribution in [2.75, 3.05) is 45.4 Å². The number of methoxy groups -OCH3 is 2. The molecular formula is C18H20N2O4. The van der Waals surface area contributed by atoms with E-state index in [1.165, 1.54) is 14.2 Å². The van der Waals surface area contributed by atoms with Gasteiger partial charge in [-0.2, -0.15) is 0 Å². The SMILES string of the molecule is COC1=CC(=Nc2ccc(N3CCOCC3)cc2)C=C(OC)C1=O. The molecule has 1 aliphatic carbocycles. The molecule has 0 aromatic heterocycles. The number of anilines is 1. The predicted octanol–water partition coefficient (Wildman–Crippen LogP) is 2.24. The lowest BCUT2D eigenvalue weighted by Gasteiger charge is -2.28. The number of Topliss-reactive ketones (excluding diaryl/α,β-unsaturated/α-hetero) is 1. The Bertz CT molecular complexity index is 672. The Morgan fingerprint density at radius 1 is 1.00 bits per heavy atom. The molecule has 1 saturated heterocycles. The molecule has 1 aromatic carbocycles. The van der Waals surface area contributed by atoms with Crippen LogP contribution in [0.4, 0.5) is 11.4 Å². The fourth-order valence-electron chi connectivity index (χ4n) is 2.64. The highest BCUT2D eigenvalue weighted by atomic mass is 16.5. The van der Waals surface area contributed by atoms with Crippen molar-refractivity contribution in [3.8, 4) is 0 Å². The van der Waals surface area contributed by atoms with E-state index in [1.807, 2.05) is 24.3 Å². The quantitative estimate of drug-likeness (QED) is 0.793. The van der Waals surface area contributed by atoms with Gasteiger partial charge in [0.25, 0.3) is 5.78 Å². The highest BCUT2D eigenvalue weighted by molar-refractivity contribution is 6.20. The van der Waals surface area contributed by atoms with Crippen LogP contribution < -0.4 is 4.90 Å². The molecule has 1 aliphatic heterocycles. The molecule has 0 unspecified atom stereocenters. The second kappa shape index (κ2) is 7.31. The summed E-state index contributed by atoms with van der Waals surface area (Å²) >= 11 is 0. The van der Waals surface area contributed by atoms with Crippen LogP contribution in [0.25, 0.3) is 0 Å². The summed E-state index contributed by atoms with van der Waals surface area (Å²) in [6.07, 6.45) is 3.22. The molecule has 24 heavy (non-hydrogen) atoms. The summed E-state index contributed by atoms with van der Waals surface area (Å²) in [5, 5.41) is 0. The topological polar surface area (TPSA) is 60.4 Å². The summed E-state index contributed by atoms with van der Waals surface area (Å²) in [7, 11) is 2.91. The number of ether oxygens (including phenoxy) is 3. The van der Waals surface area contributed by atoms with Gasteiger partial charge in [-0.25, -0.2) is 4.99 Å². The number of rotatable bonds is 4. The monoisotopic (exact) mass is 328 g/mol. The van der Waals surface area contributed by atoms with E-state index < -0.39 is 0 Å². The molecule has 2 aliphatic rings. The standard InChI is InChI=1S/C18H20N2O4/c1-22-16-11-14(12-17(23-2)18(16)21)19-13-3-5-15(6-4-13)20-7-9-24-10-8-20/h3-6,11-12H,7-10H2,1-2H3. The lowest BCUT2D eigenvalue weighted by atomic mass is 10.1. The molecule has 1 fully saturated rings. The highest BCUT2D eigenvalue weighted by Crippen LogP contribution is 2.22. The maximum atomic E-state index is 11.9. The number of nitrogens with zero attached hydrogens (tertiary/aromatic N) is 2. The number of aliphatic imine (C=N–C) groups is 1. The van der Waals surface area contributed by atoms with Crippen LogP contribution >= 0.6 is 0 Å². The zero-order valence-electron chi connectivity index (χ0n) is 13.8. The number of ketones is 1. The van der Waals surface area contributed by atoms with E-state index in [0.29, 0.717) is 5.71 Å². The first kappa shape index (κ1) is 16.3. The maximum absolute atomic E-state index is 11.9. The molecular weight excluding hydrogens is 308 g/mol. The van der Waals surface area contributed by atoms with Crippen molar-refractivity contribution < 1.29 is 19.0 Å². The second-order valence-corrected chi connectivity index (χ2v) is 5.41. The zero-order valence-corrected chi connectivity index (χ0v) is 13.8. The highest BCUT2D eigenvalue weighted by Gasteiger charge is 2.22. The zero-order chi connectivity index (χ0) is 16.9. The van der Waals surface area contributed by atoms with E-state index in [9.17, 15) is 4.79 Å². The fraction of sp³-hybridized carbons (Fsp3) is 0.333. The molecule has 1 heterocycles. The number of allylic oxidation sites excluding steroid dienone is 2. The molecule has 0 N–H and O–H groups in total. The number of hydrogen-bond acceptors (Lipinski definition) is 6. The molecule has 6 nitrogen and oxygen atoms in total. The van der Waals surface area contributed by atoms with Gasteiger partial charge in [0.15, 0.2) is 11.5 Å². The van der Waals surface area contributed by atoms with Gasteiger partial charge in [0.1, 0.15) is 0 Å². The lowest BCUT2D eigenvalue weighted by molar-refractivity contribution is -0.117. The number of carbonyl (C=O) groups excluding carboxylic acids is 1. The average molecular weight is 328 g/mol. The molecule has 1 aromatic rings. The Kier molecular flexibility index (Phi) is 4.96. The van der Waals surface area contributed by atoms with E-state index >= 15 is 0 Å². The van der Waals surface area contributed by atoms with Gasteiger partial charge in [-0.05, 0) is 24.3 Å². The van der Waals surface area contributed by atoms with Gasteiger partial charge >= 0.3 is 0 Å². The molecule has 6 heteroatoms. The Morgan fingerprint density at radius 2 is 1.58 bits per heavy atom. The van der Waals surface area contributed by atoms with Gasteiger partial charge in [0, 0.05) is 30.9 Å². The average Bonchev–Trinajstić information content (AvgIpc) is 2.64. The van der Waals surface area contributed by atoms with Crippen molar-refractivity contribution >= 4 is 22.9 Å². The van der Waals surface area contributed by atoms with E-state index in [0.717, 1.165) is 37.7 Å². The van der Waals surface area contributed by atoms with Crippen LogP contribution in [0.2, 0.25) is 0 Å². The van der Waals surface area contributed by atoms with Gasteiger partial charge < -0.3 is 19.1 Å². The first-order valence-electron chi connectivity index (χ1n) is 7.79. The van der Waals surface area contributed by atoms with Crippen LogP contribution in [0.15, 0.2) is 52.9 Å². The normalized spacial score (nSPS) is 18.0. The van der Waals surface area contributed by atoms with Crippen molar-refractivity contribution in [2.45, 2.75) is 0 Å². The van der Waals surface area contributed by atoms with Gasteiger partial charge in [-0.15, -0.1) is 0 Å². The van der Waals surface area contributed by atoms with Crippen molar-refractivity contribution in [2.24, 2.45) is 4.99 Å². The number of morpholine rings is 1. The van der Waals surface area contributed by atoms with Crippen molar-refractivity contribution in [3.05, 3.63) is 47.9 Å². The molecule has 0 atom stereocenters. The van der Waals surface area contributed by atoms with Crippen LogP contribution in [0.3, 0.4) is 0 Å². The fourth-order valence-corrected chi connectivity index (χ4v) is 2.64. The molecule has 0 spiro atoms. The number of hydrogen-bond donors (Lipinski definition) is 0. The van der Waals surface area contributed by atoms with Crippen molar-refractivity contribution in [3.63, 3.8) is 0 Å². The van der Waals surface area contributed by atoms with E-state index in [1.54, 1.807) is 12.2 Å². The third kappa shape index (κ3) is 3.49. The number of carbonyl (C=O) groups is 1. The summed E-state index contributed by atoms with van der Waals surface area (Å²) in [6.45, 7) is 3.31. The first-order chi connectivity index (χ1) is 11.7. The van der Waals surface area contributed by atoms with E-state index in [4.69, 9.17) is 14.2 Å². The summed E-state index contributed by atoms with van der Waals surface area (Å²) in [5.74, 6) is 0.165. The van der Waals surface area contributed by atoms with Gasteiger partial charge in [-0.1, -0.05) is 0 Å². The summed E-state index contributed by atoms with van der Waals surface area (Å²) in [4.78, 5) is 18.8. The summed E-state index contributed by atoms with van der Waals surface area (Å²) in [6, 6.07) is 7.99. The Morgan fingerprint density at radius 3 is 2.12 bits per heavy atom. The van der Waals surface area contributed by atoms with Crippen molar-refractivity contribution in [1.29, 1.82) is 0 Å². The predicted molar refractivity (Wildman–Crippen MR) is 91.8 cm³/mol. The molecule has 0 bridgehead atoms. The summed E-state index contributed by atoms with van der Waals surface area (Å²) < 4.78 is 15.6. The Labute approximate surface area is 141 Å². The molecule has 0 amide bonds. The number of benzene rings is 1. The van der Waals surface area contributed by atoms with Gasteiger partial charge in [0.05, 0.1) is 38.8 Å². The molecule has 0 saturated carbocycles. The second-order valence-electron chi connectivity index (χ2n) is 5.41. The molecule has 0 radical (unpaired) electrons. The van der Waals surface area contributed by atoms with Crippen LogP contribution in [0.1, 0.15) is 0 Å². The molecule has 3 rings (SSSR count). The van der Waals surface area contributed by atoms with Crippen LogP contribution in [0.5, 0.6) is 0 Å². The van der Waals surface area contributed by atoms with E-state index in [-0.39, 0.29) is 17.3 Å². The van der Waals surface area contributed by atoms with Crippen LogP contribution in [-0.4, -0.2) is 52.0 Å². The first-order valence-corrected chi connectivity index (χ1v) is 7.79. The lowest BCUT2D eigenvalue weighted by Crippen LogP contribution is -2.36.